The molecule has 9 aromatic carbocycles. The number of nitrogens with zero attached hydrogens (tertiary/aromatic N) is 1. The van der Waals surface area contributed by atoms with E-state index < -0.39 is 0 Å². The van der Waals surface area contributed by atoms with Gasteiger partial charge in [-0.3, -0.25) is 0 Å². The Bertz CT molecular complexity index is 2830. The van der Waals surface area contributed by atoms with Gasteiger partial charge in [0.2, 0.25) is 0 Å². The molecule has 0 atom stereocenters. The van der Waals surface area contributed by atoms with Crippen LogP contribution in [0.3, 0.4) is 0 Å². The molecule has 48 heavy (non-hydrogen) atoms. The molecular weight excluding hydrogens is 583 g/mol. The van der Waals surface area contributed by atoms with Crippen LogP contribution in [-0.2, 0) is 0 Å². The van der Waals surface area contributed by atoms with Crippen molar-refractivity contribution in [2.24, 2.45) is 0 Å². The van der Waals surface area contributed by atoms with Gasteiger partial charge in [0.25, 0.3) is 0 Å². The molecular formula is C46H29NO. The van der Waals surface area contributed by atoms with E-state index in [2.05, 4.69) is 169 Å². The number of furan rings is 1. The van der Waals surface area contributed by atoms with Crippen molar-refractivity contribution in [3.05, 3.63) is 176 Å². The Morgan fingerprint density at radius 1 is 0.333 bits per heavy atom. The van der Waals surface area contributed by atoms with E-state index >= 15 is 0 Å². The van der Waals surface area contributed by atoms with Crippen LogP contribution >= 0.6 is 0 Å². The smallest absolute Gasteiger partial charge is 0.136 e. The minimum Gasteiger partial charge on any atom is -0.456 e. The molecule has 0 aliphatic carbocycles. The fraction of sp³-hybridized carbons (Fsp3) is 0. The first kappa shape index (κ1) is 26.8. The molecule has 10 aromatic rings. The molecule has 0 N–H and O–H groups in total. The topological polar surface area (TPSA) is 16.4 Å². The molecule has 0 aliphatic rings. The third-order valence-corrected chi connectivity index (χ3v) is 9.79. The Kier molecular flexibility index (Phi) is 5.91. The minimum atomic E-state index is 0.918. The first-order valence-electron chi connectivity index (χ1n) is 16.4. The van der Waals surface area contributed by atoms with Crippen molar-refractivity contribution in [3.8, 4) is 11.1 Å². The summed E-state index contributed by atoms with van der Waals surface area (Å²) in [6.45, 7) is 0. The number of fused-ring (bicyclic) bond motifs is 9. The average molecular weight is 612 g/mol. The Hall–Kier alpha value is -6.38. The van der Waals surface area contributed by atoms with Gasteiger partial charge < -0.3 is 9.32 Å². The van der Waals surface area contributed by atoms with Crippen LogP contribution in [0.2, 0.25) is 0 Å². The second-order valence-electron chi connectivity index (χ2n) is 12.5. The fourth-order valence-electron chi connectivity index (χ4n) is 7.53. The molecule has 10 rings (SSSR count). The Morgan fingerprint density at radius 3 is 1.92 bits per heavy atom. The van der Waals surface area contributed by atoms with Crippen LogP contribution in [0.4, 0.5) is 17.1 Å². The molecule has 224 valence electrons. The maximum Gasteiger partial charge on any atom is 0.136 e. The van der Waals surface area contributed by atoms with Crippen molar-refractivity contribution in [2.45, 2.75) is 0 Å². The van der Waals surface area contributed by atoms with Crippen molar-refractivity contribution < 1.29 is 4.42 Å². The minimum absolute atomic E-state index is 0.918. The number of rotatable bonds is 4. The van der Waals surface area contributed by atoms with Crippen LogP contribution in [0.1, 0.15) is 0 Å². The van der Waals surface area contributed by atoms with Crippen molar-refractivity contribution >= 4 is 82.1 Å². The van der Waals surface area contributed by atoms with E-state index in [1.807, 2.05) is 12.1 Å². The highest BCUT2D eigenvalue weighted by atomic mass is 16.3. The molecule has 0 spiro atoms. The summed E-state index contributed by atoms with van der Waals surface area (Å²) in [6, 6.07) is 63.4. The predicted molar refractivity (Wildman–Crippen MR) is 204 cm³/mol. The third kappa shape index (κ3) is 4.20. The van der Waals surface area contributed by atoms with Crippen molar-refractivity contribution in [1.82, 2.24) is 0 Å². The molecule has 0 bridgehead atoms. The molecule has 0 saturated heterocycles. The van der Waals surface area contributed by atoms with Crippen LogP contribution in [0, 0.1) is 0 Å². The summed E-state index contributed by atoms with van der Waals surface area (Å²) in [5, 5.41) is 12.3. The Balaban J connectivity index is 1.11. The van der Waals surface area contributed by atoms with E-state index in [-0.39, 0.29) is 0 Å². The number of hydrogen-bond donors (Lipinski definition) is 0. The number of hydrogen-bond acceptors (Lipinski definition) is 2. The van der Waals surface area contributed by atoms with E-state index in [4.69, 9.17) is 4.42 Å². The lowest BCUT2D eigenvalue weighted by molar-refractivity contribution is 0.669. The van der Waals surface area contributed by atoms with E-state index in [0.717, 1.165) is 44.4 Å². The molecule has 0 fully saturated rings. The summed E-state index contributed by atoms with van der Waals surface area (Å²) >= 11 is 0. The largest absolute Gasteiger partial charge is 0.456 e. The lowest BCUT2D eigenvalue weighted by Gasteiger charge is -2.26. The van der Waals surface area contributed by atoms with Crippen LogP contribution in [-0.4, -0.2) is 0 Å². The highest BCUT2D eigenvalue weighted by molar-refractivity contribution is 6.21. The second-order valence-corrected chi connectivity index (χ2v) is 12.5. The zero-order valence-corrected chi connectivity index (χ0v) is 26.1. The van der Waals surface area contributed by atoms with Crippen molar-refractivity contribution in [1.29, 1.82) is 0 Å². The number of anilines is 3. The Morgan fingerprint density at radius 2 is 1.02 bits per heavy atom. The van der Waals surface area contributed by atoms with Gasteiger partial charge in [-0.05, 0) is 109 Å². The zero-order valence-electron chi connectivity index (χ0n) is 26.1. The maximum atomic E-state index is 6.18. The van der Waals surface area contributed by atoms with Crippen LogP contribution < -0.4 is 4.90 Å². The zero-order chi connectivity index (χ0) is 31.6. The monoisotopic (exact) mass is 611 g/mol. The predicted octanol–water partition coefficient (Wildman–Crippen LogP) is 13.3. The lowest BCUT2D eigenvalue weighted by atomic mass is 9.91. The van der Waals surface area contributed by atoms with Crippen LogP contribution in [0.25, 0.3) is 76.2 Å². The third-order valence-electron chi connectivity index (χ3n) is 9.79. The summed E-state index contributed by atoms with van der Waals surface area (Å²) in [5.74, 6) is 0. The SMILES string of the molecule is c1ccc(N(c2ccc(-c3cccc4ccc5c6ccccc6ccc5c34)cc2)c2ccc3cc4oc5ccccc5c4cc3c2)cc1. The van der Waals surface area contributed by atoms with Gasteiger partial charge in [0.05, 0.1) is 0 Å². The van der Waals surface area contributed by atoms with Gasteiger partial charge in [0.1, 0.15) is 11.2 Å². The van der Waals surface area contributed by atoms with Gasteiger partial charge in [0, 0.05) is 27.8 Å². The van der Waals surface area contributed by atoms with Gasteiger partial charge in [-0.2, -0.15) is 0 Å². The summed E-state index contributed by atoms with van der Waals surface area (Å²) in [6.07, 6.45) is 0. The quantitative estimate of drug-likeness (QED) is 0.184. The summed E-state index contributed by atoms with van der Waals surface area (Å²) in [4.78, 5) is 2.34. The van der Waals surface area contributed by atoms with Crippen LogP contribution in [0.5, 0.6) is 0 Å². The van der Waals surface area contributed by atoms with E-state index in [1.54, 1.807) is 0 Å². The van der Waals surface area contributed by atoms with E-state index in [9.17, 15) is 0 Å². The van der Waals surface area contributed by atoms with E-state index in [0.29, 0.717) is 0 Å². The van der Waals surface area contributed by atoms with Gasteiger partial charge in [-0.1, -0.05) is 121 Å². The fourth-order valence-corrected chi connectivity index (χ4v) is 7.53. The molecule has 0 radical (unpaired) electrons. The summed E-state index contributed by atoms with van der Waals surface area (Å²) in [7, 11) is 0. The van der Waals surface area contributed by atoms with Gasteiger partial charge in [-0.25, -0.2) is 0 Å². The molecule has 0 amide bonds. The first-order valence-corrected chi connectivity index (χ1v) is 16.4. The normalized spacial score (nSPS) is 11.8. The first-order chi connectivity index (χ1) is 23.8. The Labute approximate surface area is 277 Å². The number of para-hydroxylation sites is 2. The van der Waals surface area contributed by atoms with E-state index in [1.165, 1.54) is 48.8 Å². The molecule has 2 nitrogen and oxygen atoms in total. The summed E-state index contributed by atoms with van der Waals surface area (Å²) in [5.41, 5.74) is 7.61. The average Bonchev–Trinajstić information content (AvgIpc) is 3.51. The highest BCUT2D eigenvalue weighted by Gasteiger charge is 2.16. The van der Waals surface area contributed by atoms with Gasteiger partial charge in [0.15, 0.2) is 0 Å². The molecule has 0 aliphatic heterocycles. The van der Waals surface area contributed by atoms with Crippen LogP contribution in [0.15, 0.2) is 180 Å². The molecule has 0 saturated carbocycles. The number of benzene rings is 9. The van der Waals surface area contributed by atoms with Gasteiger partial charge in [-0.15, -0.1) is 0 Å². The lowest BCUT2D eigenvalue weighted by Crippen LogP contribution is -2.09. The second kappa shape index (κ2) is 10.6. The molecule has 2 heteroatoms. The maximum absolute atomic E-state index is 6.18. The van der Waals surface area contributed by atoms with Crippen molar-refractivity contribution in [3.63, 3.8) is 0 Å². The summed E-state index contributed by atoms with van der Waals surface area (Å²) < 4.78 is 6.18. The van der Waals surface area contributed by atoms with Gasteiger partial charge >= 0.3 is 0 Å². The highest BCUT2D eigenvalue weighted by Crippen LogP contribution is 2.41. The molecule has 1 heterocycles. The van der Waals surface area contributed by atoms with Crippen molar-refractivity contribution in [2.75, 3.05) is 4.90 Å². The molecule has 1 aromatic heterocycles. The standard InChI is InChI=1S/C46H29NO/c1-2-11-35(12-3-1)47(37-24-19-33-29-45-43(28-34(33)27-37)41-14-6-7-16-44(41)48-45)36-22-17-31(18-23-36)39-15-8-10-32-21-25-40-38-13-5-4-9-30(38)20-26-42(40)46(32)39/h1-29H. The molecule has 0 unspecified atom stereocenters.